The third kappa shape index (κ3) is 5.05. The summed E-state index contributed by atoms with van der Waals surface area (Å²) in [5, 5.41) is 2.05. The van der Waals surface area contributed by atoms with Gasteiger partial charge < -0.3 is 9.47 Å². The van der Waals surface area contributed by atoms with E-state index in [9.17, 15) is 4.79 Å². The summed E-state index contributed by atoms with van der Waals surface area (Å²) in [6, 6.07) is 25.2. The Kier molecular flexibility index (Phi) is 6.93. The zero-order valence-electron chi connectivity index (χ0n) is 15.9. The summed E-state index contributed by atoms with van der Waals surface area (Å²) >= 11 is 1.50. The van der Waals surface area contributed by atoms with Crippen LogP contribution in [0.5, 0.6) is 11.5 Å². The number of Topliss-reactive ketones (excluding diaryl/α,β-unsaturated/α-hetero) is 1. The highest BCUT2D eigenvalue weighted by Crippen LogP contribution is 2.29. The van der Waals surface area contributed by atoms with Crippen LogP contribution in [0.15, 0.2) is 84.3 Å². The number of benzene rings is 3. The molecular formula is C24H22O3S. The molecule has 0 unspecified atom stereocenters. The molecule has 0 aliphatic carbocycles. The summed E-state index contributed by atoms with van der Waals surface area (Å²) < 4.78 is 10.5. The molecule has 0 fully saturated rings. The van der Waals surface area contributed by atoms with Gasteiger partial charge in [-0.05, 0) is 46.4 Å². The molecule has 0 saturated carbocycles. The third-order valence-electron chi connectivity index (χ3n) is 4.31. The second kappa shape index (κ2) is 9.81. The molecule has 0 aliphatic heterocycles. The number of methoxy groups -OCH3 is 2. The lowest BCUT2D eigenvalue weighted by Crippen LogP contribution is -2.01. The molecule has 0 aromatic heterocycles. The Balaban J connectivity index is 1.84. The number of ketones is 1. The van der Waals surface area contributed by atoms with E-state index in [2.05, 4.69) is 0 Å². The number of hydrogen-bond acceptors (Lipinski definition) is 4. The second-order valence-electron chi connectivity index (χ2n) is 6.09. The van der Waals surface area contributed by atoms with Crippen LogP contribution in [0.2, 0.25) is 0 Å². The molecule has 3 nitrogen and oxygen atoms in total. The van der Waals surface area contributed by atoms with E-state index < -0.39 is 0 Å². The van der Waals surface area contributed by atoms with Crippen molar-refractivity contribution in [2.24, 2.45) is 0 Å². The molecule has 0 N–H and O–H groups in total. The second-order valence-corrected chi connectivity index (χ2v) is 6.95. The predicted molar refractivity (Wildman–Crippen MR) is 116 cm³/mol. The first-order valence-corrected chi connectivity index (χ1v) is 9.95. The molecule has 0 spiro atoms. The smallest absolute Gasteiger partial charge is 0.173 e. The summed E-state index contributed by atoms with van der Waals surface area (Å²) in [6.07, 6.45) is 0. The Morgan fingerprint density at radius 1 is 0.750 bits per heavy atom. The van der Waals surface area contributed by atoms with Crippen molar-refractivity contribution in [2.45, 2.75) is 0 Å². The fourth-order valence-corrected chi connectivity index (χ4v) is 3.59. The minimum atomic E-state index is 0.116. The first-order chi connectivity index (χ1) is 13.7. The van der Waals surface area contributed by atoms with E-state index in [-0.39, 0.29) is 5.78 Å². The van der Waals surface area contributed by atoms with Crippen LogP contribution in [-0.2, 0) is 0 Å². The Hall–Kier alpha value is -2.98. The molecule has 0 saturated heterocycles. The molecule has 142 valence electrons. The van der Waals surface area contributed by atoms with E-state index in [1.165, 1.54) is 11.8 Å². The van der Waals surface area contributed by atoms with Crippen LogP contribution in [0, 0.1) is 0 Å². The minimum absolute atomic E-state index is 0.116. The summed E-state index contributed by atoms with van der Waals surface area (Å²) in [5.74, 6) is 2.12. The van der Waals surface area contributed by atoms with Crippen molar-refractivity contribution in [2.75, 3.05) is 20.0 Å². The van der Waals surface area contributed by atoms with Gasteiger partial charge in [-0.1, -0.05) is 54.6 Å². The topological polar surface area (TPSA) is 35.5 Å². The number of thioether (sulfide) groups is 1. The average molecular weight is 391 g/mol. The molecule has 3 rings (SSSR count). The van der Waals surface area contributed by atoms with Crippen molar-refractivity contribution in [3.8, 4) is 11.5 Å². The predicted octanol–water partition coefficient (Wildman–Crippen LogP) is 5.71. The Morgan fingerprint density at radius 3 is 1.71 bits per heavy atom. The van der Waals surface area contributed by atoms with E-state index >= 15 is 0 Å². The van der Waals surface area contributed by atoms with Crippen molar-refractivity contribution in [3.63, 3.8) is 0 Å². The van der Waals surface area contributed by atoms with E-state index in [0.29, 0.717) is 5.75 Å². The number of carbonyl (C=O) groups excluding carboxylic acids is 1. The lowest BCUT2D eigenvalue weighted by molar-refractivity contribution is 0.102. The first kappa shape index (κ1) is 19.8. The van der Waals surface area contributed by atoms with Crippen LogP contribution < -0.4 is 9.47 Å². The molecule has 0 radical (unpaired) electrons. The van der Waals surface area contributed by atoms with Gasteiger partial charge in [-0.3, -0.25) is 4.79 Å². The molecule has 3 aromatic rings. The van der Waals surface area contributed by atoms with Gasteiger partial charge in [0.15, 0.2) is 5.78 Å². The Morgan fingerprint density at radius 2 is 1.25 bits per heavy atom. The fourth-order valence-electron chi connectivity index (χ4n) is 2.75. The van der Waals surface area contributed by atoms with E-state index in [0.717, 1.165) is 33.8 Å². The van der Waals surface area contributed by atoms with Gasteiger partial charge in [0.25, 0.3) is 0 Å². The number of ether oxygens (including phenoxy) is 2. The van der Waals surface area contributed by atoms with Crippen LogP contribution in [-0.4, -0.2) is 25.8 Å². The van der Waals surface area contributed by atoms with Gasteiger partial charge in [-0.15, -0.1) is 11.8 Å². The van der Waals surface area contributed by atoms with Gasteiger partial charge >= 0.3 is 0 Å². The maximum atomic E-state index is 12.4. The summed E-state index contributed by atoms with van der Waals surface area (Å²) in [7, 11) is 3.31. The van der Waals surface area contributed by atoms with E-state index in [1.54, 1.807) is 14.2 Å². The monoisotopic (exact) mass is 390 g/mol. The maximum absolute atomic E-state index is 12.4. The van der Waals surface area contributed by atoms with Gasteiger partial charge in [0, 0.05) is 5.56 Å². The van der Waals surface area contributed by atoms with Gasteiger partial charge in [0.05, 0.1) is 20.0 Å². The summed E-state index contributed by atoms with van der Waals surface area (Å²) in [6.45, 7) is 0. The fraction of sp³-hybridized carbons (Fsp3) is 0.125. The summed E-state index contributed by atoms with van der Waals surface area (Å²) in [5.41, 5.74) is 3.91. The standard InChI is InChI=1S/C24H22O3S/c1-26-21-12-8-18(9-13-21)23(19-10-14-22(27-2)15-11-19)16-28-17-24(25)20-6-4-3-5-7-20/h3-16H,17H2,1-2H3. The van der Waals surface area contributed by atoms with Crippen LogP contribution in [0.3, 0.4) is 0 Å². The number of carbonyl (C=O) groups is 1. The van der Waals surface area contributed by atoms with E-state index in [4.69, 9.17) is 9.47 Å². The van der Waals surface area contributed by atoms with Crippen molar-refractivity contribution < 1.29 is 14.3 Å². The Labute approximate surface area is 170 Å². The normalized spacial score (nSPS) is 10.2. The van der Waals surface area contributed by atoms with Crippen LogP contribution >= 0.6 is 11.8 Å². The van der Waals surface area contributed by atoms with Gasteiger partial charge in [0.2, 0.25) is 0 Å². The zero-order chi connectivity index (χ0) is 19.8. The van der Waals surface area contributed by atoms with Gasteiger partial charge in [-0.2, -0.15) is 0 Å². The van der Waals surface area contributed by atoms with Gasteiger partial charge in [-0.25, -0.2) is 0 Å². The van der Waals surface area contributed by atoms with Crippen molar-refractivity contribution >= 4 is 23.1 Å². The first-order valence-electron chi connectivity index (χ1n) is 8.90. The average Bonchev–Trinajstić information content (AvgIpc) is 2.77. The molecular weight excluding hydrogens is 368 g/mol. The molecule has 0 bridgehead atoms. The van der Waals surface area contributed by atoms with Crippen molar-refractivity contribution in [3.05, 3.63) is 101 Å². The highest BCUT2D eigenvalue weighted by Gasteiger charge is 2.08. The largest absolute Gasteiger partial charge is 0.497 e. The quantitative estimate of drug-likeness (QED) is 0.462. The lowest BCUT2D eigenvalue weighted by atomic mass is 9.99. The summed E-state index contributed by atoms with van der Waals surface area (Å²) in [4.78, 5) is 12.4. The highest BCUT2D eigenvalue weighted by atomic mass is 32.2. The molecule has 0 atom stereocenters. The third-order valence-corrected chi connectivity index (χ3v) is 5.14. The van der Waals surface area contributed by atoms with Crippen LogP contribution in [0.4, 0.5) is 0 Å². The molecule has 28 heavy (non-hydrogen) atoms. The Bertz CT molecular complexity index is 880. The SMILES string of the molecule is COc1ccc(C(=CSCC(=O)c2ccccc2)c2ccc(OC)cc2)cc1. The minimum Gasteiger partial charge on any atom is -0.497 e. The highest BCUT2D eigenvalue weighted by molar-refractivity contribution is 8.03. The zero-order valence-corrected chi connectivity index (χ0v) is 16.7. The van der Waals surface area contributed by atoms with Crippen molar-refractivity contribution in [1.82, 2.24) is 0 Å². The number of rotatable bonds is 8. The molecule has 4 heteroatoms. The van der Waals surface area contributed by atoms with Crippen molar-refractivity contribution in [1.29, 1.82) is 0 Å². The molecule has 0 heterocycles. The maximum Gasteiger partial charge on any atom is 0.173 e. The lowest BCUT2D eigenvalue weighted by Gasteiger charge is -2.10. The van der Waals surface area contributed by atoms with Gasteiger partial charge in [0.1, 0.15) is 11.5 Å². The number of hydrogen-bond donors (Lipinski definition) is 0. The van der Waals surface area contributed by atoms with Crippen LogP contribution in [0.25, 0.3) is 5.57 Å². The molecule has 0 amide bonds. The van der Waals surface area contributed by atoms with E-state index in [1.807, 2.05) is 84.3 Å². The molecule has 3 aromatic carbocycles. The van der Waals surface area contributed by atoms with Crippen LogP contribution in [0.1, 0.15) is 21.5 Å². The molecule has 0 aliphatic rings.